The van der Waals surface area contributed by atoms with Gasteiger partial charge in [0.15, 0.2) is 5.65 Å². The first-order valence-electron chi connectivity index (χ1n) is 7.23. The third-order valence-corrected chi connectivity index (χ3v) is 5.03. The van der Waals surface area contributed by atoms with E-state index in [-0.39, 0.29) is 12.0 Å². The molecule has 1 aliphatic heterocycles. The smallest absolute Gasteiger partial charge is 0.324 e. The molecule has 0 spiro atoms. The summed E-state index contributed by atoms with van der Waals surface area (Å²) in [6.45, 7) is 3.56. The Labute approximate surface area is 138 Å². The van der Waals surface area contributed by atoms with Crippen molar-refractivity contribution < 1.29 is 9.53 Å². The lowest BCUT2D eigenvalue weighted by molar-refractivity contribution is -0.149. The van der Waals surface area contributed by atoms with Crippen LogP contribution in [0.3, 0.4) is 0 Å². The summed E-state index contributed by atoms with van der Waals surface area (Å²) in [5, 5.41) is 4.52. The van der Waals surface area contributed by atoms with Crippen LogP contribution in [0.25, 0.3) is 5.65 Å². The fraction of sp³-hybridized carbons (Fsp3) is 0.500. The second kappa shape index (κ2) is 6.80. The summed E-state index contributed by atoms with van der Waals surface area (Å²) in [6.07, 6.45) is 1.90. The summed E-state index contributed by atoms with van der Waals surface area (Å²) in [4.78, 5) is 14.2. The van der Waals surface area contributed by atoms with Gasteiger partial charge in [0.25, 0.3) is 0 Å². The van der Waals surface area contributed by atoms with Crippen LogP contribution in [-0.2, 0) is 16.2 Å². The molecule has 1 saturated heterocycles. The molecule has 1 fully saturated rings. The van der Waals surface area contributed by atoms with Crippen molar-refractivity contribution in [3.8, 4) is 0 Å². The number of carbonyl (C=O) groups excluding carboxylic acids is 1. The van der Waals surface area contributed by atoms with E-state index in [0.717, 1.165) is 23.7 Å². The zero-order chi connectivity index (χ0) is 15.5. The molecule has 0 aromatic carbocycles. The highest BCUT2D eigenvalue weighted by atomic mass is 32.2. The van der Waals surface area contributed by atoms with Crippen LogP contribution >= 0.6 is 24.0 Å². The molecule has 3 rings (SSSR count). The average molecular weight is 338 g/mol. The summed E-state index contributed by atoms with van der Waals surface area (Å²) in [5.41, 5.74) is 0.812. The molecule has 1 unspecified atom stereocenters. The van der Waals surface area contributed by atoms with Crippen molar-refractivity contribution in [1.29, 1.82) is 0 Å². The maximum atomic E-state index is 12.1. The summed E-state index contributed by atoms with van der Waals surface area (Å²) >= 11 is 7.24. The molecule has 0 aliphatic carbocycles. The van der Waals surface area contributed by atoms with E-state index in [1.54, 1.807) is 16.4 Å². The van der Waals surface area contributed by atoms with Crippen LogP contribution in [0, 0.1) is 4.77 Å². The van der Waals surface area contributed by atoms with Gasteiger partial charge in [-0.25, -0.2) is 4.68 Å². The van der Waals surface area contributed by atoms with Gasteiger partial charge < -0.3 is 4.74 Å². The van der Waals surface area contributed by atoms with Gasteiger partial charge >= 0.3 is 5.97 Å². The van der Waals surface area contributed by atoms with E-state index in [0.29, 0.717) is 18.0 Å². The Kier molecular flexibility index (Phi) is 4.80. The Balaban J connectivity index is 1.84. The number of ether oxygens (including phenoxy) is 1. The summed E-state index contributed by atoms with van der Waals surface area (Å²) in [7, 11) is 0. The fourth-order valence-corrected chi connectivity index (χ4v) is 3.85. The second-order valence-electron chi connectivity index (χ2n) is 5.01. The number of rotatable bonds is 4. The van der Waals surface area contributed by atoms with E-state index in [1.807, 2.05) is 35.7 Å². The Morgan fingerprint density at radius 1 is 1.55 bits per heavy atom. The molecule has 0 bridgehead atoms. The molecule has 0 saturated carbocycles. The molecule has 1 aliphatic rings. The number of thioether (sulfide) groups is 1. The maximum Gasteiger partial charge on any atom is 0.324 e. The normalized spacial score (nSPS) is 19.4. The number of esters is 1. The average Bonchev–Trinajstić information content (AvgIpc) is 2.85. The predicted molar refractivity (Wildman–Crippen MR) is 88.5 cm³/mol. The molecule has 118 valence electrons. The minimum absolute atomic E-state index is 0.162. The van der Waals surface area contributed by atoms with E-state index in [2.05, 4.69) is 10.00 Å². The highest BCUT2D eigenvalue weighted by Gasteiger charge is 2.30. The van der Waals surface area contributed by atoms with Crippen LogP contribution in [0.4, 0.5) is 0 Å². The van der Waals surface area contributed by atoms with Crippen LogP contribution in [0.2, 0.25) is 0 Å². The second-order valence-corrected chi connectivity index (χ2v) is 6.52. The lowest BCUT2D eigenvalue weighted by Crippen LogP contribution is -2.48. The maximum absolute atomic E-state index is 12.1. The van der Waals surface area contributed by atoms with Gasteiger partial charge in [0.1, 0.15) is 6.04 Å². The van der Waals surface area contributed by atoms with E-state index in [1.165, 1.54) is 0 Å². The molecule has 2 aromatic rings. The standard InChI is InChI=1S/C14H18N4O2S2/c1-2-20-13(19)11-9-22-8-7-16(11)10-18-14(21)17-6-4-3-5-12(17)15-18/h3-6,11H,2,7-10H2,1H3. The topological polar surface area (TPSA) is 51.8 Å². The van der Waals surface area contributed by atoms with Gasteiger partial charge in [-0.3, -0.25) is 14.1 Å². The van der Waals surface area contributed by atoms with Crippen molar-refractivity contribution in [1.82, 2.24) is 19.1 Å². The van der Waals surface area contributed by atoms with Crippen LogP contribution in [0.5, 0.6) is 0 Å². The van der Waals surface area contributed by atoms with Crippen molar-refractivity contribution in [2.24, 2.45) is 0 Å². The summed E-state index contributed by atoms with van der Waals surface area (Å²) in [5.74, 6) is 1.58. The van der Waals surface area contributed by atoms with Crippen LogP contribution in [0.15, 0.2) is 24.4 Å². The Hall–Kier alpha value is -1.38. The monoisotopic (exact) mass is 338 g/mol. The minimum atomic E-state index is -0.231. The van der Waals surface area contributed by atoms with Gasteiger partial charge in [0, 0.05) is 24.2 Å². The molecule has 0 radical (unpaired) electrons. The van der Waals surface area contributed by atoms with Gasteiger partial charge in [-0.1, -0.05) is 6.07 Å². The Morgan fingerprint density at radius 2 is 2.41 bits per heavy atom. The molecule has 0 amide bonds. The molecule has 22 heavy (non-hydrogen) atoms. The SMILES string of the molecule is CCOC(=O)C1CSCCN1Cn1nc2ccccn2c1=S. The zero-order valence-corrected chi connectivity index (χ0v) is 14.0. The van der Waals surface area contributed by atoms with E-state index in [9.17, 15) is 4.79 Å². The van der Waals surface area contributed by atoms with Gasteiger partial charge in [-0.15, -0.1) is 0 Å². The lowest BCUT2D eigenvalue weighted by Gasteiger charge is -2.33. The first kappa shape index (κ1) is 15.5. The molecule has 1 atom stereocenters. The quantitative estimate of drug-likeness (QED) is 0.626. The number of carbonyl (C=O) groups is 1. The summed E-state index contributed by atoms with van der Waals surface area (Å²) < 4.78 is 9.46. The van der Waals surface area contributed by atoms with Gasteiger partial charge in [0.05, 0.1) is 13.3 Å². The Bertz CT molecular complexity index is 727. The molecule has 8 heteroatoms. The molecule has 6 nitrogen and oxygen atoms in total. The van der Waals surface area contributed by atoms with Crippen molar-refractivity contribution in [3.63, 3.8) is 0 Å². The third-order valence-electron chi connectivity index (χ3n) is 3.60. The zero-order valence-electron chi connectivity index (χ0n) is 12.3. The molecular weight excluding hydrogens is 320 g/mol. The molecular formula is C14H18N4O2S2. The number of hydrogen-bond acceptors (Lipinski definition) is 6. The summed E-state index contributed by atoms with van der Waals surface area (Å²) in [6, 6.07) is 5.54. The van der Waals surface area contributed by atoms with Crippen molar-refractivity contribution >= 4 is 35.6 Å². The van der Waals surface area contributed by atoms with Gasteiger partial charge in [-0.05, 0) is 31.3 Å². The van der Waals surface area contributed by atoms with E-state index >= 15 is 0 Å². The highest BCUT2D eigenvalue weighted by Crippen LogP contribution is 2.18. The first-order valence-corrected chi connectivity index (χ1v) is 8.79. The molecule has 3 heterocycles. The Morgan fingerprint density at radius 3 is 3.18 bits per heavy atom. The van der Waals surface area contributed by atoms with Crippen molar-refractivity contribution in [2.45, 2.75) is 19.6 Å². The molecule has 2 aromatic heterocycles. The fourth-order valence-electron chi connectivity index (χ4n) is 2.50. The van der Waals surface area contributed by atoms with Gasteiger partial charge in [0.2, 0.25) is 4.77 Å². The third kappa shape index (κ3) is 3.04. The highest BCUT2D eigenvalue weighted by molar-refractivity contribution is 7.99. The largest absolute Gasteiger partial charge is 0.465 e. The van der Waals surface area contributed by atoms with Crippen LogP contribution in [0.1, 0.15) is 6.92 Å². The lowest BCUT2D eigenvalue weighted by atomic mass is 10.3. The van der Waals surface area contributed by atoms with Crippen LogP contribution in [-0.4, -0.2) is 55.7 Å². The minimum Gasteiger partial charge on any atom is -0.465 e. The van der Waals surface area contributed by atoms with E-state index < -0.39 is 0 Å². The number of pyridine rings is 1. The van der Waals surface area contributed by atoms with E-state index in [4.69, 9.17) is 17.0 Å². The predicted octanol–water partition coefficient (Wildman–Crippen LogP) is 1.80. The number of aromatic nitrogens is 3. The number of hydrogen-bond donors (Lipinski definition) is 0. The van der Waals surface area contributed by atoms with Crippen molar-refractivity contribution in [2.75, 3.05) is 24.7 Å². The number of nitrogens with zero attached hydrogens (tertiary/aromatic N) is 4. The first-order chi connectivity index (χ1) is 10.7. The van der Waals surface area contributed by atoms with Crippen molar-refractivity contribution in [3.05, 3.63) is 29.2 Å². The number of fused-ring (bicyclic) bond motifs is 1. The molecule has 0 N–H and O–H groups in total. The van der Waals surface area contributed by atoms with Crippen LogP contribution < -0.4 is 0 Å². The van der Waals surface area contributed by atoms with Gasteiger partial charge in [-0.2, -0.15) is 16.9 Å².